The van der Waals surface area contributed by atoms with Gasteiger partial charge in [0.2, 0.25) is 0 Å². The first-order chi connectivity index (χ1) is 18.4. The van der Waals surface area contributed by atoms with E-state index in [1.54, 1.807) is 59.0 Å². The molecule has 0 saturated heterocycles. The number of fused-ring (bicyclic) bond motifs is 1. The fourth-order valence-corrected chi connectivity index (χ4v) is 4.50. The number of nitrogens with zero attached hydrogens (tertiary/aromatic N) is 3. The molecule has 4 rings (SSSR count). The Hall–Kier alpha value is -3.84. The zero-order valence-electron chi connectivity index (χ0n) is 21.9. The van der Waals surface area contributed by atoms with Crippen LogP contribution in [0.3, 0.4) is 0 Å². The molecule has 3 aromatic carbocycles. The van der Waals surface area contributed by atoms with Crippen molar-refractivity contribution in [3.05, 3.63) is 94.0 Å². The molecule has 7 nitrogen and oxygen atoms in total. The van der Waals surface area contributed by atoms with Crippen LogP contribution in [0, 0.1) is 0 Å². The molecular weight excluding hydrogens is 502 g/mol. The van der Waals surface area contributed by atoms with E-state index in [1.165, 1.54) is 0 Å². The summed E-state index contributed by atoms with van der Waals surface area (Å²) in [6, 6.07) is 20.9. The monoisotopic (exact) mass is 533 g/mol. The number of para-hydroxylation sites is 1. The molecule has 0 N–H and O–H groups in total. The maximum absolute atomic E-state index is 13.8. The molecule has 0 bridgehead atoms. The molecule has 0 aliphatic heterocycles. The van der Waals surface area contributed by atoms with Gasteiger partial charge in [0.25, 0.3) is 11.5 Å². The number of methoxy groups -OCH3 is 1. The maximum atomic E-state index is 13.8. The summed E-state index contributed by atoms with van der Waals surface area (Å²) < 4.78 is 12.7. The van der Waals surface area contributed by atoms with E-state index >= 15 is 0 Å². The Kier molecular flexibility index (Phi) is 9.02. The second kappa shape index (κ2) is 12.6. The van der Waals surface area contributed by atoms with Gasteiger partial charge in [-0.15, -0.1) is 0 Å². The Morgan fingerprint density at radius 2 is 1.68 bits per heavy atom. The number of carbonyl (C=O) groups excluding carboxylic acids is 1. The minimum atomic E-state index is -0.493. The van der Waals surface area contributed by atoms with Gasteiger partial charge >= 0.3 is 0 Å². The molecule has 0 aliphatic rings. The Bertz CT molecular complexity index is 1440. The number of ether oxygens (including phenoxy) is 2. The van der Waals surface area contributed by atoms with Gasteiger partial charge in [-0.05, 0) is 74.0 Å². The van der Waals surface area contributed by atoms with Gasteiger partial charge in [0.1, 0.15) is 17.3 Å². The van der Waals surface area contributed by atoms with Crippen molar-refractivity contribution < 1.29 is 14.3 Å². The van der Waals surface area contributed by atoms with Crippen LogP contribution in [0.2, 0.25) is 5.02 Å². The van der Waals surface area contributed by atoms with Crippen LogP contribution in [-0.4, -0.2) is 40.6 Å². The van der Waals surface area contributed by atoms with E-state index in [1.807, 2.05) is 37.3 Å². The van der Waals surface area contributed by atoms with E-state index in [2.05, 4.69) is 6.92 Å². The lowest BCUT2D eigenvalue weighted by Crippen LogP contribution is -2.40. The van der Waals surface area contributed by atoms with Crippen LogP contribution in [0.25, 0.3) is 16.6 Å². The number of carbonyl (C=O) groups is 1. The number of hydrogen-bond acceptors (Lipinski definition) is 5. The molecule has 1 heterocycles. The molecular formula is C30H32ClN3O4. The van der Waals surface area contributed by atoms with Gasteiger partial charge in [0, 0.05) is 11.6 Å². The highest BCUT2D eigenvalue weighted by Gasteiger charge is 2.27. The molecule has 0 saturated carbocycles. The highest BCUT2D eigenvalue weighted by Crippen LogP contribution is 2.25. The Balaban J connectivity index is 1.74. The topological polar surface area (TPSA) is 73.7 Å². The zero-order chi connectivity index (χ0) is 27.1. The van der Waals surface area contributed by atoms with Gasteiger partial charge in [-0.3, -0.25) is 14.2 Å². The lowest BCUT2D eigenvalue weighted by Gasteiger charge is -2.30. The van der Waals surface area contributed by atoms with Crippen LogP contribution in [0.1, 0.15) is 45.0 Å². The van der Waals surface area contributed by atoms with Crippen molar-refractivity contribution in [1.29, 1.82) is 0 Å². The molecule has 0 fully saturated rings. The Morgan fingerprint density at radius 1 is 1.00 bits per heavy atom. The number of rotatable bonds is 11. The summed E-state index contributed by atoms with van der Waals surface area (Å²) in [5, 5.41) is 1.10. The van der Waals surface area contributed by atoms with Crippen molar-refractivity contribution in [3.63, 3.8) is 0 Å². The summed E-state index contributed by atoms with van der Waals surface area (Å²) in [6.45, 7) is 4.40. The molecule has 0 spiro atoms. The van der Waals surface area contributed by atoms with Gasteiger partial charge in [0.15, 0.2) is 6.61 Å². The molecule has 38 heavy (non-hydrogen) atoms. The van der Waals surface area contributed by atoms with Crippen molar-refractivity contribution in [1.82, 2.24) is 14.5 Å². The third kappa shape index (κ3) is 6.17. The zero-order valence-corrected chi connectivity index (χ0v) is 22.6. The van der Waals surface area contributed by atoms with Crippen LogP contribution in [0.15, 0.2) is 77.6 Å². The fraction of sp³-hybridized carbons (Fsp3) is 0.300. The predicted molar refractivity (Wildman–Crippen MR) is 150 cm³/mol. The number of unbranched alkanes of at least 4 members (excludes halogenated alkanes) is 2. The normalized spacial score (nSPS) is 11.8. The van der Waals surface area contributed by atoms with Crippen LogP contribution in [0.4, 0.5) is 0 Å². The van der Waals surface area contributed by atoms with Crippen molar-refractivity contribution in [2.24, 2.45) is 0 Å². The van der Waals surface area contributed by atoms with E-state index in [9.17, 15) is 9.59 Å². The molecule has 0 aliphatic carbocycles. The third-order valence-corrected chi connectivity index (χ3v) is 6.72. The smallest absolute Gasteiger partial charge is 0.266 e. The summed E-state index contributed by atoms with van der Waals surface area (Å²) in [5.74, 6) is 1.53. The lowest BCUT2D eigenvalue weighted by atomic mass is 10.1. The number of aromatic nitrogens is 2. The highest BCUT2D eigenvalue weighted by atomic mass is 35.5. The summed E-state index contributed by atoms with van der Waals surface area (Å²) in [5.41, 5.74) is 1.04. The van der Waals surface area contributed by atoms with Gasteiger partial charge in [-0.1, -0.05) is 43.5 Å². The SMILES string of the molecule is CCCCCN(C(=O)COc1ccc(Cl)cc1)C(C)c1nc2ccccc2c(=O)n1-c1ccc(OC)cc1. The number of hydrogen-bond donors (Lipinski definition) is 0. The van der Waals surface area contributed by atoms with Crippen LogP contribution in [0.5, 0.6) is 11.5 Å². The Labute approximate surface area is 227 Å². The van der Waals surface area contributed by atoms with Gasteiger partial charge in [0.05, 0.1) is 29.7 Å². The summed E-state index contributed by atoms with van der Waals surface area (Å²) >= 11 is 5.97. The van der Waals surface area contributed by atoms with E-state index in [0.717, 1.165) is 19.3 Å². The molecule has 1 unspecified atom stereocenters. The van der Waals surface area contributed by atoms with E-state index < -0.39 is 6.04 Å². The van der Waals surface area contributed by atoms with Crippen LogP contribution >= 0.6 is 11.6 Å². The van der Waals surface area contributed by atoms with Crippen LogP contribution in [-0.2, 0) is 4.79 Å². The fourth-order valence-electron chi connectivity index (χ4n) is 4.38. The first-order valence-corrected chi connectivity index (χ1v) is 13.1. The van der Waals surface area contributed by atoms with E-state index in [0.29, 0.717) is 45.5 Å². The average Bonchev–Trinajstić information content (AvgIpc) is 2.94. The first kappa shape index (κ1) is 27.2. The third-order valence-electron chi connectivity index (χ3n) is 6.47. The van der Waals surface area contributed by atoms with Crippen molar-refractivity contribution >= 4 is 28.4 Å². The van der Waals surface area contributed by atoms with E-state index in [4.69, 9.17) is 26.1 Å². The molecule has 1 atom stereocenters. The van der Waals surface area contributed by atoms with Crippen molar-refractivity contribution in [2.75, 3.05) is 20.3 Å². The first-order valence-electron chi connectivity index (χ1n) is 12.8. The second-order valence-corrected chi connectivity index (χ2v) is 9.47. The molecule has 1 aromatic heterocycles. The molecule has 0 radical (unpaired) electrons. The molecule has 1 amide bonds. The number of amides is 1. The standard InChI is InChI=1S/C30H32ClN3O4/c1-4-5-8-19-33(28(35)20-38-25-15-11-22(31)12-16-25)21(2)29-32-27-10-7-6-9-26(27)30(36)34(29)23-13-17-24(37-3)18-14-23/h6-7,9-18,21H,4-5,8,19-20H2,1-3H3. The lowest BCUT2D eigenvalue weighted by molar-refractivity contribution is -0.135. The van der Waals surface area contributed by atoms with Gasteiger partial charge in [-0.2, -0.15) is 0 Å². The number of benzene rings is 3. The molecule has 198 valence electrons. The second-order valence-electron chi connectivity index (χ2n) is 9.04. The van der Waals surface area contributed by atoms with E-state index in [-0.39, 0.29) is 18.1 Å². The van der Waals surface area contributed by atoms with Crippen molar-refractivity contribution in [3.8, 4) is 17.2 Å². The van der Waals surface area contributed by atoms with Crippen molar-refractivity contribution in [2.45, 2.75) is 39.2 Å². The summed E-state index contributed by atoms with van der Waals surface area (Å²) in [7, 11) is 1.60. The molecule has 8 heteroatoms. The Morgan fingerprint density at radius 3 is 2.37 bits per heavy atom. The van der Waals surface area contributed by atoms with Gasteiger partial charge in [-0.25, -0.2) is 4.98 Å². The highest BCUT2D eigenvalue weighted by molar-refractivity contribution is 6.30. The summed E-state index contributed by atoms with van der Waals surface area (Å²) in [6.07, 6.45) is 2.82. The van der Waals surface area contributed by atoms with Gasteiger partial charge < -0.3 is 14.4 Å². The predicted octanol–water partition coefficient (Wildman–Crippen LogP) is 6.21. The minimum absolute atomic E-state index is 0.140. The summed E-state index contributed by atoms with van der Waals surface area (Å²) in [4.78, 5) is 33.9. The minimum Gasteiger partial charge on any atom is -0.497 e. The average molecular weight is 534 g/mol. The molecule has 4 aromatic rings. The quantitative estimate of drug-likeness (QED) is 0.214. The van der Waals surface area contributed by atoms with Crippen LogP contribution < -0.4 is 15.0 Å². The largest absolute Gasteiger partial charge is 0.497 e. The number of halogens is 1. The maximum Gasteiger partial charge on any atom is 0.266 e.